The molecule has 128 valence electrons. The van der Waals surface area contributed by atoms with E-state index in [4.69, 9.17) is 5.11 Å². The van der Waals surface area contributed by atoms with Crippen LogP contribution in [0.3, 0.4) is 0 Å². The molecule has 3 rings (SSSR count). The Hall–Kier alpha value is -3.56. The van der Waals surface area contributed by atoms with Gasteiger partial charge >= 0.3 is 5.97 Å². The van der Waals surface area contributed by atoms with E-state index in [2.05, 4.69) is 20.5 Å². The second-order valence-corrected chi connectivity index (χ2v) is 5.15. The minimum Gasteiger partial charge on any atom is -0.476 e. The van der Waals surface area contributed by atoms with Gasteiger partial charge in [0.1, 0.15) is 18.7 Å². The Bertz CT molecular complexity index is 919. The van der Waals surface area contributed by atoms with Crippen LogP contribution >= 0.6 is 0 Å². The zero-order valence-corrected chi connectivity index (χ0v) is 12.8. The van der Waals surface area contributed by atoms with Crippen LogP contribution in [-0.2, 0) is 17.9 Å². The minimum absolute atomic E-state index is 0.0898. The maximum atomic E-state index is 13.2. The molecule has 1 aromatic carbocycles. The van der Waals surface area contributed by atoms with Crippen molar-refractivity contribution in [1.82, 2.24) is 24.5 Å². The highest BCUT2D eigenvalue weighted by molar-refractivity contribution is 5.89. The van der Waals surface area contributed by atoms with Crippen LogP contribution in [0.5, 0.6) is 0 Å². The zero-order valence-electron chi connectivity index (χ0n) is 12.8. The number of hydrogen-bond donors (Lipinski definition) is 2. The van der Waals surface area contributed by atoms with E-state index in [-0.39, 0.29) is 24.0 Å². The molecular weight excluding hydrogens is 331 g/mol. The molecule has 1 amide bonds. The number of carbonyl (C=O) groups is 2. The van der Waals surface area contributed by atoms with Crippen LogP contribution in [0.1, 0.15) is 16.1 Å². The smallest absolute Gasteiger partial charge is 0.356 e. The van der Waals surface area contributed by atoms with Crippen LogP contribution in [0.25, 0.3) is 0 Å². The summed E-state index contributed by atoms with van der Waals surface area (Å²) in [6, 6.07) is 7.38. The average Bonchev–Trinajstić information content (AvgIpc) is 3.17. The first-order valence-electron chi connectivity index (χ1n) is 7.20. The number of halogens is 1. The van der Waals surface area contributed by atoms with Gasteiger partial charge in [0.2, 0.25) is 11.9 Å². The molecule has 0 atom stereocenters. The predicted octanol–water partition coefficient (Wildman–Crippen LogP) is 0.999. The van der Waals surface area contributed by atoms with E-state index in [1.54, 1.807) is 12.1 Å². The van der Waals surface area contributed by atoms with E-state index < -0.39 is 11.9 Å². The van der Waals surface area contributed by atoms with E-state index in [1.165, 1.54) is 40.1 Å². The Labute approximate surface area is 140 Å². The molecule has 2 N–H and O–H groups in total. The molecule has 0 fully saturated rings. The van der Waals surface area contributed by atoms with E-state index in [0.717, 1.165) is 0 Å². The topological polar surface area (TPSA) is 115 Å². The maximum absolute atomic E-state index is 13.2. The van der Waals surface area contributed by atoms with Crippen molar-refractivity contribution in [3.63, 3.8) is 0 Å². The quantitative estimate of drug-likeness (QED) is 0.689. The number of carboxylic acid groups (broad SMARTS) is 1. The summed E-state index contributed by atoms with van der Waals surface area (Å²) in [5.41, 5.74) is 0.561. The van der Waals surface area contributed by atoms with Gasteiger partial charge in [-0.25, -0.2) is 18.9 Å². The van der Waals surface area contributed by atoms with Gasteiger partial charge in [0.25, 0.3) is 0 Å². The summed E-state index contributed by atoms with van der Waals surface area (Å²) in [5, 5.41) is 19.1. The van der Waals surface area contributed by atoms with Crippen molar-refractivity contribution in [2.45, 2.75) is 13.1 Å². The molecule has 0 aliphatic rings. The molecule has 0 saturated heterocycles. The van der Waals surface area contributed by atoms with Gasteiger partial charge in [0, 0.05) is 6.20 Å². The number of nitrogens with zero attached hydrogens (tertiary/aromatic N) is 5. The van der Waals surface area contributed by atoms with Crippen LogP contribution < -0.4 is 5.32 Å². The van der Waals surface area contributed by atoms with E-state index >= 15 is 0 Å². The fourth-order valence-electron chi connectivity index (χ4n) is 2.13. The lowest BCUT2D eigenvalue weighted by atomic mass is 10.2. The molecular formula is C15H13FN6O3. The number of amides is 1. The number of carboxylic acids is 1. The van der Waals surface area contributed by atoms with Crippen LogP contribution in [0.15, 0.2) is 42.9 Å². The molecule has 3 aromatic rings. The fourth-order valence-corrected chi connectivity index (χ4v) is 2.13. The van der Waals surface area contributed by atoms with Crippen molar-refractivity contribution in [1.29, 1.82) is 0 Å². The third-order valence-corrected chi connectivity index (χ3v) is 3.19. The summed E-state index contributed by atoms with van der Waals surface area (Å²) in [7, 11) is 0. The highest BCUT2D eigenvalue weighted by Gasteiger charge is 2.11. The second kappa shape index (κ2) is 6.91. The molecule has 0 unspecified atom stereocenters. The van der Waals surface area contributed by atoms with Crippen molar-refractivity contribution in [2.24, 2.45) is 0 Å². The molecule has 0 spiro atoms. The summed E-state index contributed by atoms with van der Waals surface area (Å²) in [4.78, 5) is 26.6. The Kier molecular flexibility index (Phi) is 4.50. The summed E-state index contributed by atoms with van der Waals surface area (Å²) in [5.74, 6) is -1.88. The van der Waals surface area contributed by atoms with Crippen LogP contribution in [0, 0.1) is 5.82 Å². The number of carbonyl (C=O) groups excluding carboxylic acids is 1. The predicted molar refractivity (Wildman–Crippen MR) is 83.3 cm³/mol. The first kappa shape index (κ1) is 16.3. The molecule has 10 heteroatoms. The molecule has 0 radical (unpaired) electrons. The highest BCUT2D eigenvalue weighted by Crippen LogP contribution is 2.06. The summed E-state index contributed by atoms with van der Waals surface area (Å²) >= 11 is 0. The minimum atomic E-state index is -1.17. The molecule has 2 heterocycles. The standard InChI is InChI=1S/C15H13FN6O3/c16-11-3-1-2-10(6-11)7-22-9-17-15(20-22)18-13(23)8-21-5-4-12(19-21)14(24)25/h1-6,9H,7-8H2,(H,24,25)(H,18,20,23). The van der Waals surface area contributed by atoms with Crippen molar-refractivity contribution in [3.05, 3.63) is 59.9 Å². The normalized spacial score (nSPS) is 10.6. The number of hydrogen-bond acceptors (Lipinski definition) is 5. The first-order chi connectivity index (χ1) is 12.0. The lowest BCUT2D eigenvalue weighted by Gasteiger charge is -2.02. The third-order valence-electron chi connectivity index (χ3n) is 3.19. The van der Waals surface area contributed by atoms with Gasteiger partial charge in [-0.1, -0.05) is 12.1 Å². The van der Waals surface area contributed by atoms with Gasteiger partial charge in [0.15, 0.2) is 5.69 Å². The number of rotatable bonds is 6. The molecule has 25 heavy (non-hydrogen) atoms. The van der Waals surface area contributed by atoms with Crippen LogP contribution in [0.4, 0.5) is 10.3 Å². The Morgan fingerprint density at radius 3 is 2.76 bits per heavy atom. The SMILES string of the molecule is O=C(Cn1ccc(C(=O)O)n1)Nc1ncn(Cc2cccc(F)c2)n1. The van der Waals surface area contributed by atoms with Gasteiger partial charge in [-0.2, -0.15) is 5.10 Å². The maximum Gasteiger partial charge on any atom is 0.356 e. The molecule has 2 aromatic heterocycles. The van der Waals surface area contributed by atoms with Crippen molar-refractivity contribution >= 4 is 17.8 Å². The Balaban J connectivity index is 1.58. The zero-order chi connectivity index (χ0) is 17.8. The van der Waals surface area contributed by atoms with Gasteiger partial charge in [-0.15, -0.1) is 5.10 Å². The van der Waals surface area contributed by atoms with E-state index in [1.807, 2.05) is 0 Å². The molecule has 0 aliphatic carbocycles. The second-order valence-electron chi connectivity index (χ2n) is 5.15. The number of aromatic carboxylic acids is 1. The third kappa shape index (κ3) is 4.25. The molecule has 0 bridgehead atoms. The highest BCUT2D eigenvalue weighted by atomic mass is 19.1. The number of anilines is 1. The molecule has 0 aliphatic heterocycles. The largest absolute Gasteiger partial charge is 0.476 e. The Morgan fingerprint density at radius 2 is 2.04 bits per heavy atom. The molecule has 9 nitrogen and oxygen atoms in total. The number of aromatic nitrogens is 5. The fraction of sp³-hybridized carbons (Fsp3) is 0.133. The van der Waals surface area contributed by atoms with Gasteiger partial charge < -0.3 is 5.11 Å². The van der Waals surface area contributed by atoms with Crippen molar-refractivity contribution < 1.29 is 19.1 Å². The summed E-state index contributed by atoms with van der Waals surface area (Å²) < 4.78 is 15.8. The van der Waals surface area contributed by atoms with Crippen LogP contribution in [0.2, 0.25) is 0 Å². The van der Waals surface area contributed by atoms with Crippen molar-refractivity contribution in [2.75, 3.05) is 5.32 Å². The van der Waals surface area contributed by atoms with Crippen LogP contribution in [-0.4, -0.2) is 41.5 Å². The monoisotopic (exact) mass is 344 g/mol. The lowest BCUT2D eigenvalue weighted by molar-refractivity contribution is -0.117. The van der Waals surface area contributed by atoms with E-state index in [9.17, 15) is 14.0 Å². The Morgan fingerprint density at radius 1 is 1.20 bits per heavy atom. The molecule has 0 saturated carbocycles. The van der Waals surface area contributed by atoms with Gasteiger partial charge in [-0.3, -0.25) is 14.8 Å². The average molecular weight is 344 g/mol. The number of nitrogens with one attached hydrogen (secondary N) is 1. The van der Waals surface area contributed by atoms with Gasteiger partial charge in [0.05, 0.1) is 6.54 Å². The van der Waals surface area contributed by atoms with Gasteiger partial charge in [-0.05, 0) is 23.8 Å². The number of benzene rings is 1. The van der Waals surface area contributed by atoms with Crippen molar-refractivity contribution in [3.8, 4) is 0 Å². The summed E-state index contributed by atoms with van der Waals surface area (Å²) in [6.07, 6.45) is 2.80. The van der Waals surface area contributed by atoms with E-state index in [0.29, 0.717) is 12.1 Å². The lowest BCUT2D eigenvalue weighted by Crippen LogP contribution is -2.20. The first-order valence-corrected chi connectivity index (χ1v) is 7.20. The summed E-state index contributed by atoms with van der Waals surface area (Å²) in [6.45, 7) is 0.132.